The van der Waals surface area contributed by atoms with Crippen LogP contribution in [0.3, 0.4) is 0 Å². The molecule has 2 aliphatic carbocycles. The minimum absolute atomic E-state index is 0.0534. The number of halogens is 1. The average Bonchev–Trinajstić information content (AvgIpc) is 2.76. The van der Waals surface area contributed by atoms with Crippen molar-refractivity contribution in [3.63, 3.8) is 0 Å². The fraction of sp³-hybridized carbons (Fsp3) is 1.00. The van der Waals surface area contributed by atoms with E-state index in [2.05, 4.69) is 0 Å². The fourth-order valence-corrected chi connectivity index (χ4v) is 5.26. The Bertz CT molecular complexity index is 368. The third-order valence-corrected chi connectivity index (χ3v) is 5.73. The summed E-state index contributed by atoms with van der Waals surface area (Å²) in [5.41, 5.74) is 0. The van der Waals surface area contributed by atoms with E-state index in [0.717, 1.165) is 6.42 Å². The Morgan fingerprint density at radius 3 is 2.93 bits per heavy atom. The molecule has 1 aliphatic heterocycles. The maximum atomic E-state index is 11.6. The van der Waals surface area contributed by atoms with Crippen LogP contribution in [-0.4, -0.2) is 38.4 Å². The zero-order chi connectivity index (χ0) is 10.6. The van der Waals surface area contributed by atoms with Gasteiger partial charge in [-0.2, -0.15) is 8.42 Å². The van der Waals surface area contributed by atoms with Crippen molar-refractivity contribution in [3.05, 3.63) is 0 Å². The molecule has 2 saturated carbocycles. The highest BCUT2D eigenvalue weighted by molar-refractivity contribution is 7.87. The summed E-state index contributed by atoms with van der Waals surface area (Å²) in [6.45, 7) is 0.472. The zero-order valence-corrected chi connectivity index (χ0v) is 9.71. The number of hydrogen-bond donors (Lipinski definition) is 0. The highest BCUT2D eigenvalue weighted by atomic mass is 35.5. The van der Waals surface area contributed by atoms with E-state index in [4.69, 9.17) is 20.5 Å². The predicted octanol–water partition coefficient (Wildman–Crippen LogP) is 0.747. The molecule has 0 aromatic rings. The lowest BCUT2D eigenvalue weighted by Crippen LogP contribution is -2.36. The molecule has 0 aromatic heterocycles. The summed E-state index contributed by atoms with van der Waals surface area (Å²) in [5.74, 6) is 0.961. The van der Waals surface area contributed by atoms with Gasteiger partial charge in [0.15, 0.2) is 0 Å². The van der Waals surface area contributed by atoms with Crippen LogP contribution in [0.1, 0.15) is 12.8 Å². The van der Waals surface area contributed by atoms with E-state index in [0.29, 0.717) is 24.8 Å². The van der Waals surface area contributed by atoms with E-state index in [9.17, 15) is 8.42 Å². The minimum atomic E-state index is -3.30. The molecule has 3 fully saturated rings. The van der Waals surface area contributed by atoms with Crippen LogP contribution in [0.25, 0.3) is 0 Å². The van der Waals surface area contributed by atoms with Crippen molar-refractivity contribution in [2.24, 2.45) is 11.8 Å². The lowest BCUT2D eigenvalue weighted by atomic mass is 9.94. The number of alkyl halides is 1. The van der Waals surface area contributed by atoms with Gasteiger partial charge >= 0.3 is 0 Å². The Morgan fingerprint density at radius 2 is 2.20 bits per heavy atom. The van der Waals surface area contributed by atoms with Gasteiger partial charge in [0.25, 0.3) is 10.1 Å². The van der Waals surface area contributed by atoms with Gasteiger partial charge in [0.2, 0.25) is 0 Å². The fourth-order valence-electron chi connectivity index (χ4n) is 3.29. The van der Waals surface area contributed by atoms with Crippen LogP contribution < -0.4 is 0 Å². The Balaban J connectivity index is 1.82. The molecule has 0 aromatic carbocycles. The van der Waals surface area contributed by atoms with E-state index in [1.165, 1.54) is 0 Å². The van der Waals surface area contributed by atoms with Crippen molar-refractivity contribution in [1.29, 1.82) is 0 Å². The van der Waals surface area contributed by atoms with Crippen LogP contribution in [0.2, 0.25) is 0 Å². The quantitative estimate of drug-likeness (QED) is 0.549. The molecule has 3 rings (SSSR count). The SMILES string of the molecule is O=S1(=O)OC2C3CC(CC31)C2OCCCl. The Labute approximate surface area is 94.0 Å². The van der Waals surface area contributed by atoms with Gasteiger partial charge in [-0.25, -0.2) is 0 Å². The minimum Gasteiger partial charge on any atom is -0.374 e. The number of rotatable bonds is 3. The van der Waals surface area contributed by atoms with Crippen LogP contribution >= 0.6 is 11.6 Å². The van der Waals surface area contributed by atoms with Crippen LogP contribution in [-0.2, 0) is 19.0 Å². The molecule has 1 heterocycles. The summed E-state index contributed by atoms with van der Waals surface area (Å²) in [6, 6.07) is 0. The van der Waals surface area contributed by atoms with Gasteiger partial charge in [-0.3, -0.25) is 4.18 Å². The zero-order valence-electron chi connectivity index (χ0n) is 8.13. The van der Waals surface area contributed by atoms with E-state index >= 15 is 0 Å². The lowest BCUT2D eigenvalue weighted by molar-refractivity contribution is -0.0313. The molecule has 0 amide bonds. The van der Waals surface area contributed by atoms with Gasteiger partial charge in [0.05, 0.1) is 18.0 Å². The largest absolute Gasteiger partial charge is 0.374 e. The predicted molar refractivity (Wildman–Crippen MR) is 54.3 cm³/mol. The van der Waals surface area contributed by atoms with Crippen molar-refractivity contribution < 1.29 is 17.3 Å². The van der Waals surface area contributed by atoms with Crippen molar-refractivity contribution in [1.82, 2.24) is 0 Å². The topological polar surface area (TPSA) is 52.6 Å². The highest BCUT2D eigenvalue weighted by Crippen LogP contribution is 2.55. The van der Waals surface area contributed by atoms with Crippen LogP contribution in [0.5, 0.6) is 0 Å². The molecule has 5 atom stereocenters. The molecule has 0 radical (unpaired) electrons. The van der Waals surface area contributed by atoms with Crippen molar-refractivity contribution in [3.8, 4) is 0 Å². The van der Waals surface area contributed by atoms with Crippen molar-refractivity contribution in [2.45, 2.75) is 30.3 Å². The van der Waals surface area contributed by atoms with Crippen molar-refractivity contribution in [2.75, 3.05) is 12.5 Å². The summed E-state index contributed by atoms with van der Waals surface area (Å²) < 4.78 is 33.9. The van der Waals surface area contributed by atoms with Gasteiger partial charge < -0.3 is 4.74 Å². The summed E-state index contributed by atoms with van der Waals surface area (Å²) in [5, 5.41) is -0.261. The lowest BCUT2D eigenvalue weighted by Gasteiger charge is -2.24. The van der Waals surface area contributed by atoms with Gasteiger partial charge in [0.1, 0.15) is 6.10 Å². The number of hydrogen-bond acceptors (Lipinski definition) is 4. The Morgan fingerprint density at radius 1 is 1.40 bits per heavy atom. The highest BCUT2D eigenvalue weighted by Gasteiger charge is 2.64. The maximum absolute atomic E-state index is 11.6. The molecule has 86 valence electrons. The Hall–Kier alpha value is 0.160. The molecule has 0 N–H and O–H groups in total. The van der Waals surface area contributed by atoms with E-state index in [1.54, 1.807) is 0 Å². The molecule has 3 aliphatic rings. The average molecular weight is 253 g/mol. The van der Waals surface area contributed by atoms with Gasteiger partial charge in [0, 0.05) is 11.8 Å². The molecule has 5 unspecified atom stereocenters. The standard InChI is InChI=1S/C9H13ClO4S/c10-1-2-13-8-5-3-6-7(4-5)15(11,12)14-9(6)8/h5-9H,1-4H2. The molecule has 15 heavy (non-hydrogen) atoms. The second-order valence-corrected chi connectivity index (χ2v) is 6.67. The third-order valence-electron chi connectivity index (χ3n) is 3.80. The van der Waals surface area contributed by atoms with Crippen LogP contribution in [0.15, 0.2) is 0 Å². The molecule has 2 bridgehead atoms. The first-order chi connectivity index (χ1) is 7.13. The molecule has 6 heteroatoms. The normalized spacial score (nSPS) is 50.1. The third kappa shape index (κ3) is 1.37. The maximum Gasteiger partial charge on any atom is 0.270 e. The molecule has 0 spiro atoms. The van der Waals surface area contributed by atoms with Gasteiger partial charge in [-0.15, -0.1) is 11.6 Å². The number of fused-ring (bicyclic) bond motifs is 1. The van der Waals surface area contributed by atoms with Gasteiger partial charge in [-0.05, 0) is 18.8 Å². The first-order valence-corrected chi connectivity index (χ1v) is 7.24. The summed E-state index contributed by atoms with van der Waals surface area (Å²) in [6.07, 6.45) is 1.35. The molecular weight excluding hydrogens is 240 g/mol. The van der Waals surface area contributed by atoms with Crippen LogP contribution in [0, 0.1) is 11.8 Å². The molecule has 1 saturated heterocycles. The number of ether oxygens (including phenoxy) is 1. The Kier molecular flexibility index (Phi) is 2.29. The first-order valence-electron chi connectivity index (χ1n) is 5.23. The second-order valence-electron chi connectivity index (χ2n) is 4.51. The van der Waals surface area contributed by atoms with Gasteiger partial charge in [-0.1, -0.05) is 0 Å². The molecular formula is C9H13ClO4S. The van der Waals surface area contributed by atoms with E-state index in [-0.39, 0.29) is 23.4 Å². The second kappa shape index (κ2) is 3.32. The smallest absolute Gasteiger partial charge is 0.270 e. The van der Waals surface area contributed by atoms with Crippen molar-refractivity contribution >= 4 is 21.7 Å². The van der Waals surface area contributed by atoms with Crippen LogP contribution in [0.4, 0.5) is 0 Å². The molecule has 4 nitrogen and oxygen atoms in total. The summed E-state index contributed by atoms with van der Waals surface area (Å²) >= 11 is 5.56. The monoisotopic (exact) mass is 252 g/mol. The summed E-state index contributed by atoms with van der Waals surface area (Å²) in [7, 11) is -3.30. The summed E-state index contributed by atoms with van der Waals surface area (Å²) in [4.78, 5) is 0. The first kappa shape index (κ1) is 10.3. The van der Waals surface area contributed by atoms with E-state index in [1.807, 2.05) is 0 Å². The van der Waals surface area contributed by atoms with E-state index < -0.39 is 10.1 Å².